The molecule has 0 amide bonds. The first-order chi connectivity index (χ1) is 8.19. The van der Waals surface area contributed by atoms with Gasteiger partial charge in [-0.3, -0.25) is 0 Å². The van der Waals surface area contributed by atoms with E-state index in [-0.39, 0.29) is 0 Å². The quantitative estimate of drug-likeness (QED) is 0.942. The highest BCUT2D eigenvalue weighted by Crippen LogP contribution is 2.22. The van der Waals surface area contributed by atoms with E-state index in [1.54, 1.807) is 6.07 Å². The van der Waals surface area contributed by atoms with Crippen LogP contribution in [-0.4, -0.2) is 9.97 Å². The molecule has 3 nitrogen and oxygen atoms in total. The molecule has 0 saturated carbocycles. The van der Waals surface area contributed by atoms with E-state index in [1.807, 2.05) is 24.3 Å². The Morgan fingerprint density at radius 2 is 2.06 bits per heavy atom. The SMILES string of the molecule is CCCc1nc(N)cc(-c2cccc(Br)c2)n1. The number of nitrogens with two attached hydrogens (primary N) is 1. The topological polar surface area (TPSA) is 51.8 Å². The standard InChI is InChI=1S/C13H14BrN3/c1-2-4-13-16-11(8-12(15)17-13)9-5-3-6-10(14)7-9/h3,5-8H,2,4H2,1H3,(H2,15,16,17). The minimum absolute atomic E-state index is 0.526. The van der Waals surface area contributed by atoms with Gasteiger partial charge in [0.15, 0.2) is 0 Å². The summed E-state index contributed by atoms with van der Waals surface area (Å²) in [5.74, 6) is 1.33. The van der Waals surface area contributed by atoms with E-state index in [4.69, 9.17) is 5.73 Å². The second-order valence-corrected chi connectivity index (χ2v) is 4.77. The molecular formula is C13H14BrN3. The van der Waals surface area contributed by atoms with Crippen LogP contribution in [0.2, 0.25) is 0 Å². The average molecular weight is 292 g/mol. The minimum Gasteiger partial charge on any atom is -0.384 e. The van der Waals surface area contributed by atoms with Gasteiger partial charge in [-0.2, -0.15) is 0 Å². The number of hydrogen-bond donors (Lipinski definition) is 1. The van der Waals surface area contributed by atoms with Crippen molar-refractivity contribution in [1.82, 2.24) is 9.97 Å². The first-order valence-electron chi connectivity index (χ1n) is 5.58. The maximum absolute atomic E-state index is 5.80. The van der Waals surface area contributed by atoms with Gasteiger partial charge in [-0.15, -0.1) is 0 Å². The van der Waals surface area contributed by atoms with Crippen molar-refractivity contribution in [2.75, 3.05) is 5.73 Å². The van der Waals surface area contributed by atoms with Crippen molar-refractivity contribution >= 4 is 21.7 Å². The molecule has 0 atom stereocenters. The zero-order valence-corrected chi connectivity index (χ0v) is 11.2. The van der Waals surface area contributed by atoms with Gasteiger partial charge >= 0.3 is 0 Å². The lowest BCUT2D eigenvalue weighted by Crippen LogP contribution is -2.01. The predicted molar refractivity (Wildman–Crippen MR) is 73.6 cm³/mol. The molecule has 2 rings (SSSR count). The molecule has 1 aromatic carbocycles. The summed E-state index contributed by atoms with van der Waals surface area (Å²) in [4.78, 5) is 8.75. The van der Waals surface area contributed by atoms with Crippen LogP contribution in [0.25, 0.3) is 11.3 Å². The largest absolute Gasteiger partial charge is 0.384 e. The van der Waals surface area contributed by atoms with Crippen molar-refractivity contribution in [3.63, 3.8) is 0 Å². The van der Waals surface area contributed by atoms with Crippen LogP contribution in [0.5, 0.6) is 0 Å². The van der Waals surface area contributed by atoms with E-state index >= 15 is 0 Å². The summed E-state index contributed by atoms with van der Waals surface area (Å²) in [6.45, 7) is 2.10. The van der Waals surface area contributed by atoms with E-state index < -0.39 is 0 Å². The Labute approximate surface area is 109 Å². The van der Waals surface area contributed by atoms with Gasteiger partial charge in [0.1, 0.15) is 11.6 Å². The third kappa shape index (κ3) is 3.03. The molecule has 4 heteroatoms. The summed E-state index contributed by atoms with van der Waals surface area (Å²) in [7, 11) is 0. The average Bonchev–Trinajstić information content (AvgIpc) is 2.28. The molecule has 0 fully saturated rings. The van der Waals surface area contributed by atoms with Crippen LogP contribution < -0.4 is 5.73 Å². The Balaban J connectivity index is 2.44. The number of hydrogen-bond acceptors (Lipinski definition) is 3. The lowest BCUT2D eigenvalue weighted by Gasteiger charge is -2.05. The monoisotopic (exact) mass is 291 g/mol. The van der Waals surface area contributed by atoms with Gasteiger partial charge in [0.2, 0.25) is 0 Å². The Kier molecular flexibility index (Phi) is 3.74. The zero-order chi connectivity index (χ0) is 12.3. The van der Waals surface area contributed by atoms with Crippen LogP contribution >= 0.6 is 15.9 Å². The highest BCUT2D eigenvalue weighted by atomic mass is 79.9. The fraction of sp³-hybridized carbons (Fsp3) is 0.231. The molecule has 2 N–H and O–H groups in total. The summed E-state index contributed by atoms with van der Waals surface area (Å²) >= 11 is 3.45. The van der Waals surface area contributed by atoms with Gasteiger partial charge in [0, 0.05) is 22.5 Å². The number of rotatable bonds is 3. The molecule has 0 saturated heterocycles. The Bertz CT molecular complexity index is 526. The highest BCUT2D eigenvalue weighted by Gasteiger charge is 2.05. The third-order valence-electron chi connectivity index (χ3n) is 2.39. The maximum atomic E-state index is 5.80. The van der Waals surface area contributed by atoms with Crippen LogP contribution in [0.1, 0.15) is 19.2 Å². The second-order valence-electron chi connectivity index (χ2n) is 3.85. The Morgan fingerprint density at radius 3 is 2.76 bits per heavy atom. The zero-order valence-electron chi connectivity index (χ0n) is 9.65. The first kappa shape index (κ1) is 12.0. The molecule has 17 heavy (non-hydrogen) atoms. The van der Waals surface area contributed by atoms with Gasteiger partial charge < -0.3 is 5.73 Å². The van der Waals surface area contributed by atoms with E-state index in [9.17, 15) is 0 Å². The summed E-state index contributed by atoms with van der Waals surface area (Å²) < 4.78 is 1.03. The van der Waals surface area contributed by atoms with Gasteiger partial charge in [-0.05, 0) is 18.6 Å². The van der Waals surface area contributed by atoms with E-state index in [1.165, 1.54) is 0 Å². The fourth-order valence-corrected chi connectivity index (χ4v) is 2.05. The van der Waals surface area contributed by atoms with Gasteiger partial charge in [0.25, 0.3) is 0 Å². The van der Waals surface area contributed by atoms with Crippen molar-refractivity contribution in [2.45, 2.75) is 19.8 Å². The van der Waals surface area contributed by atoms with Gasteiger partial charge in [0.05, 0.1) is 5.69 Å². The summed E-state index contributed by atoms with van der Waals surface area (Å²) in [5.41, 5.74) is 7.73. The van der Waals surface area contributed by atoms with Crippen LogP contribution in [0.4, 0.5) is 5.82 Å². The molecule has 88 valence electrons. The molecular weight excluding hydrogens is 278 g/mol. The number of anilines is 1. The van der Waals surface area contributed by atoms with Gasteiger partial charge in [-0.1, -0.05) is 35.0 Å². The van der Waals surface area contributed by atoms with E-state index in [0.717, 1.165) is 34.4 Å². The summed E-state index contributed by atoms with van der Waals surface area (Å²) in [6.07, 6.45) is 1.87. The van der Waals surface area contributed by atoms with E-state index in [2.05, 4.69) is 32.8 Å². The molecule has 0 aliphatic rings. The number of nitrogen functional groups attached to an aromatic ring is 1. The summed E-state index contributed by atoms with van der Waals surface area (Å²) in [5, 5.41) is 0. The van der Waals surface area contributed by atoms with Crippen LogP contribution in [0, 0.1) is 0 Å². The third-order valence-corrected chi connectivity index (χ3v) is 2.88. The molecule has 1 aromatic heterocycles. The summed E-state index contributed by atoms with van der Waals surface area (Å²) in [6, 6.07) is 9.82. The number of aromatic nitrogens is 2. The van der Waals surface area contributed by atoms with Crippen LogP contribution in [0.15, 0.2) is 34.8 Å². The predicted octanol–water partition coefficient (Wildman–Crippen LogP) is 3.44. The highest BCUT2D eigenvalue weighted by molar-refractivity contribution is 9.10. The molecule has 0 radical (unpaired) electrons. The van der Waals surface area contributed by atoms with Crippen molar-refractivity contribution in [3.8, 4) is 11.3 Å². The Hall–Kier alpha value is -1.42. The number of halogens is 1. The molecule has 2 aromatic rings. The van der Waals surface area contributed by atoms with Crippen molar-refractivity contribution < 1.29 is 0 Å². The van der Waals surface area contributed by atoms with Crippen molar-refractivity contribution in [2.24, 2.45) is 0 Å². The normalized spacial score (nSPS) is 10.5. The lowest BCUT2D eigenvalue weighted by molar-refractivity contribution is 0.839. The van der Waals surface area contributed by atoms with Gasteiger partial charge in [-0.25, -0.2) is 9.97 Å². The lowest BCUT2D eigenvalue weighted by atomic mass is 10.1. The number of aryl methyl sites for hydroxylation is 1. The molecule has 0 aliphatic carbocycles. The second kappa shape index (κ2) is 5.27. The van der Waals surface area contributed by atoms with Crippen molar-refractivity contribution in [1.29, 1.82) is 0 Å². The number of benzene rings is 1. The Morgan fingerprint density at radius 1 is 1.24 bits per heavy atom. The molecule has 0 bridgehead atoms. The fourth-order valence-electron chi connectivity index (χ4n) is 1.65. The van der Waals surface area contributed by atoms with Crippen LogP contribution in [0.3, 0.4) is 0 Å². The van der Waals surface area contributed by atoms with Crippen LogP contribution in [-0.2, 0) is 6.42 Å². The maximum Gasteiger partial charge on any atom is 0.131 e. The van der Waals surface area contributed by atoms with Crippen molar-refractivity contribution in [3.05, 3.63) is 40.6 Å². The molecule has 0 unspecified atom stereocenters. The molecule has 0 aliphatic heterocycles. The molecule has 0 spiro atoms. The number of nitrogens with zero attached hydrogens (tertiary/aromatic N) is 2. The minimum atomic E-state index is 0.526. The molecule has 1 heterocycles. The van der Waals surface area contributed by atoms with E-state index in [0.29, 0.717) is 5.82 Å². The smallest absolute Gasteiger partial charge is 0.131 e. The first-order valence-corrected chi connectivity index (χ1v) is 6.37.